The van der Waals surface area contributed by atoms with Crippen LogP contribution in [0.1, 0.15) is 85.5 Å². The van der Waals surface area contributed by atoms with Gasteiger partial charge in [-0.3, -0.25) is 4.79 Å². The lowest BCUT2D eigenvalue weighted by atomic mass is 9.90. The second-order valence-electron chi connectivity index (χ2n) is 10.8. The van der Waals surface area contributed by atoms with Gasteiger partial charge >= 0.3 is 5.97 Å². The highest BCUT2D eigenvalue weighted by molar-refractivity contribution is 5.70. The van der Waals surface area contributed by atoms with E-state index in [0.717, 1.165) is 32.1 Å². The second-order valence-corrected chi connectivity index (χ2v) is 10.8. The van der Waals surface area contributed by atoms with E-state index >= 15 is 0 Å². The third-order valence-electron chi connectivity index (χ3n) is 7.44. The lowest BCUT2D eigenvalue weighted by Crippen LogP contribution is -2.40. The first kappa shape index (κ1) is 27.9. The van der Waals surface area contributed by atoms with Gasteiger partial charge in [0.05, 0.1) is 36.9 Å². The predicted octanol–water partition coefficient (Wildman–Crippen LogP) is 6.23. The van der Waals surface area contributed by atoms with Crippen molar-refractivity contribution in [1.82, 2.24) is 0 Å². The number of cyclic esters (lactones) is 1. The van der Waals surface area contributed by atoms with Crippen molar-refractivity contribution in [2.75, 3.05) is 0 Å². The fraction of sp³-hybridized carbons (Fsp3) is 0.700. The Bertz CT molecular complexity index is 782. The number of aliphatic hydroxyl groups is 1. The van der Waals surface area contributed by atoms with Gasteiger partial charge in [-0.25, -0.2) is 0 Å². The van der Waals surface area contributed by atoms with Crippen LogP contribution >= 0.6 is 0 Å². The first-order valence-electron chi connectivity index (χ1n) is 13.7. The number of fused-ring (bicyclic) bond motifs is 4. The second kappa shape index (κ2) is 14.2. The average molecular weight is 487 g/mol. The predicted molar refractivity (Wildman–Crippen MR) is 140 cm³/mol. The molecule has 5 heteroatoms. The van der Waals surface area contributed by atoms with Crippen LogP contribution in [-0.2, 0) is 19.0 Å². The van der Waals surface area contributed by atoms with E-state index in [9.17, 15) is 9.90 Å². The van der Waals surface area contributed by atoms with Gasteiger partial charge in [-0.2, -0.15) is 0 Å². The fourth-order valence-electron chi connectivity index (χ4n) is 5.24. The van der Waals surface area contributed by atoms with Crippen LogP contribution in [0.2, 0.25) is 0 Å². The largest absolute Gasteiger partial charge is 0.457 e. The van der Waals surface area contributed by atoms with Crippen LogP contribution < -0.4 is 0 Å². The van der Waals surface area contributed by atoms with E-state index < -0.39 is 6.10 Å². The molecule has 8 atom stereocenters. The molecule has 0 saturated carbocycles. The SMILES string of the molecule is CCC(C)=CC=CC=CC1OC(=O)CC2C[C@H](O)C[C@H](CC3CCC[C@H](C[C@@H](C)C=C[C@@H]1C)O3)O2. The van der Waals surface area contributed by atoms with E-state index in [1.165, 1.54) is 12.0 Å². The molecule has 35 heavy (non-hydrogen) atoms. The van der Waals surface area contributed by atoms with Gasteiger partial charge in [0.2, 0.25) is 0 Å². The highest BCUT2D eigenvalue weighted by Crippen LogP contribution is 2.31. The summed E-state index contributed by atoms with van der Waals surface area (Å²) in [7, 11) is 0. The highest BCUT2D eigenvalue weighted by Gasteiger charge is 2.34. The molecule has 4 bridgehead atoms. The number of allylic oxidation sites excluding steroid dienone is 6. The molecule has 0 aromatic carbocycles. The van der Waals surface area contributed by atoms with Crippen molar-refractivity contribution >= 4 is 5.97 Å². The highest BCUT2D eigenvalue weighted by atomic mass is 16.6. The van der Waals surface area contributed by atoms with Crippen molar-refractivity contribution in [1.29, 1.82) is 0 Å². The van der Waals surface area contributed by atoms with Gasteiger partial charge in [0.15, 0.2) is 0 Å². The zero-order valence-corrected chi connectivity index (χ0v) is 22.1. The van der Waals surface area contributed by atoms with Crippen molar-refractivity contribution < 1.29 is 24.1 Å². The van der Waals surface area contributed by atoms with Crippen LogP contribution in [0.4, 0.5) is 0 Å². The molecule has 0 aliphatic carbocycles. The van der Waals surface area contributed by atoms with E-state index in [0.29, 0.717) is 18.8 Å². The van der Waals surface area contributed by atoms with Gasteiger partial charge in [0, 0.05) is 12.3 Å². The van der Waals surface area contributed by atoms with Crippen molar-refractivity contribution in [2.45, 2.75) is 122 Å². The number of rotatable bonds is 4. The molecule has 3 aliphatic heterocycles. The molecular weight excluding hydrogens is 440 g/mol. The number of carbonyl (C=O) groups is 1. The molecule has 0 aromatic rings. The molecule has 1 N–H and O–H groups in total. The third kappa shape index (κ3) is 9.70. The van der Waals surface area contributed by atoms with Crippen LogP contribution in [0.25, 0.3) is 0 Å². The Morgan fingerprint density at radius 1 is 0.971 bits per heavy atom. The summed E-state index contributed by atoms with van der Waals surface area (Å²) in [5.41, 5.74) is 1.32. The zero-order chi connectivity index (χ0) is 25.2. The Hall–Kier alpha value is -1.69. The maximum Gasteiger partial charge on any atom is 0.309 e. The van der Waals surface area contributed by atoms with Gasteiger partial charge in [-0.1, -0.05) is 62.8 Å². The first-order valence-corrected chi connectivity index (χ1v) is 13.7. The maximum atomic E-state index is 12.9. The minimum absolute atomic E-state index is 0.0394. The molecule has 0 spiro atoms. The smallest absolute Gasteiger partial charge is 0.309 e. The summed E-state index contributed by atoms with van der Waals surface area (Å²) < 4.78 is 18.6. The van der Waals surface area contributed by atoms with Crippen LogP contribution in [0.3, 0.4) is 0 Å². The molecule has 3 unspecified atom stereocenters. The van der Waals surface area contributed by atoms with Gasteiger partial charge in [0.1, 0.15) is 6.10 Å². The van der Waals surface area contributed by atoms with Gasteiger partial charge in [-0.05, 0) is 63.9 Å². The molecule has 2 saturated heterocycles. The number of aliphatic hydroxyl groups excluding tert-OH is 1. The van der Waals surface area contributed by atoms with Crippen molar-refractivity contribution in [3.63, 3.8) is 0 Å². The minimum Gasteiger partial charge on any atom is -0.457 e. The number of ether oxygens (including phenoxy) is 3. The number of hydrogen-bond donors (Lipinski definition) is 1. The monoisotopic (exact) mass is 486 g/mol. The van der Waals surface area contributed by atoms with Crippen LogP contribution in [-0.4, -0.2) is 47.7 Å². The van der Waals surface area contributed by atoms with E-state index in [-0.39, 0.29) is 48.8 Å². The summed E-state index contributed by atoms with van der Waals surface area (Å²) in [6, 6.07) is 0. The standard InChI is InChI=1S/C30H46O5/c1-5-21(2)10-7-6-8-13-29-23(4)15-14-22(3)16-25-11-9-12-26(33-25)19-27-17-24(31)18-28(34-27)20-30(32)35-29/h6-8,10,13-15,22-29,31H,5,9,11-12,16-20H2,1-4H3/t22-,23-,24+,25+,26?,27+,28?,29?/m0/s1. The zero-order valence-electron chi connectivity index (χ0n) is 22.1. The summed E-state index contributed by atoms with van der Waals surface area (Å²) in [6.45, 7) is 8.56. The third-order valence-corrected chi connectivity index (χ3v) is 7.44. The summed E-state index contributed by atoms with van der Waals surface area (Å²) in [5.74, 6) is 0.142. The summed E-state index contributed by atoms with van der Waals surface area (Å²) in [6.07, 6.45) is 21.0. The van der Waals surface area contributed by atoms with E-state index in [4.69, 9.17) is 14.2 Å². The normalized spacial score (nSPS) is 38.1. The lowest BCUT2D eigenvalue weighted by Gasteiger charge is -2.37. The quantitative estimate of drug-likeness (QED) is 0.290. The summed E-state index contributed by atoms with van der Waals surface area (Å²) >= 11 is 0. The molecule has 5 nitrogen and oxygen atoms in total. The minimum atomic E-state index is -0.452. The number of carbonyl (C=O) groups excluding carboxylic acids is 1. The fourth-order valence-corrected chi connectivity index (χ4v) is 5.24. The average Bonchev–Trinajstić information content (AvgIpc) is 2.80. The van der Waals surface area contributed by atoms with Crippen LogP contribution in [0.15, 0.2) is 48.1 Å². The Morgan fingerprint density at radius 3 is 2.46 bits per heavy atom. The van der Waals surface area contributed by atoms with E-state index in [1.807, 2.05) is 24.3 Å². The van der Waals surface area contributed by atoms with Crippen molar-refractivity contribution in [3.05, 3.63) is 48.1 Å². The Labute approximate surface area is 212 Å². The maximum absolute atomic E-state index is 12.9. The number of hydrogen-bond acceptors (Lipinski definition) is 5. The molecule has 2 fully saturated rings. The van der Waals surface area contributed by atoms with Crippen molar-refractivity contribution in [2.24, 2.45) is 11.8 Å². The van der Waals surface area contributed by atoms with Crippen LogP contribution in [0, 0.1) is 11.8 Å². The van der Waals surface area contributed by atoms with E-state index in [1.54, 1.807) is 0 Å². The molecule has 0 aromatic heterocycles. The molecule has 0 radical (unpaired) electrons. The molecule has 3 rings (SSSR count). The lowest BCUT2D eigenvalue weighted by molar-refractivity contribution is -0.161. The molecule has 196 valence electrons. The van der Waals surface area contributed by atoms with Gasteiger partial charge in [-0.15, -0.1) is 0 Å². The number of esters is 1. The van der Waals surface area contributed by atoms with E-state index in [2.05, 4.69) is 45.9 Å². The summed E-state index contributed by atoms with van der Waals surface area (Å²) in [5, 5.41) is 10.5. The van der Waals surface area contributed by atoms with Gasteiger partial charge in [0.25, 0.3) is 0 Å². The molecule has 0 amide bonds. The summed E-state index contributed by atoms with van der Waals surface area (Å²) in [4.78, 5) is 12.9. The van der Waals surface area contributed by atoms with Crippen molar-refractivity contribution in [3.8, 4) is 0 Å². The van der Waals surface area contributed by atoms with Gasteiger partial charge < -0.3 is 19.3 Å². The topological polar surface area (TPSA) is 65.0 Å². The Morgan fingerprint density at radius 2 is 1.69 bits per heavy atom. The molecule has 3 aliphatic rings. The van der Waals surface area contributed by atoms with Crippen LogP contribution in [0.5, 0.6) is 0 Å². The Kier molecular flexibility index (Phi) is 11.3. The molecular formula is C30H46O5. The Balaban J connectivity index is 1.76. The molecule has 3 heterocycles. The first-order chi connectivity index (χ1) is 16.8.